The maximum absolute atomic E-state index is 12.8. The zero-order valence-corrected chi connectivity index (χ0v) is 13.7. The van der Waals surface area contributed by atoms with Crippen LogP contribution in [0.4, 0.5) is 4.39 Å². The molecule has 0 heterocycles. The highest BCUT2D eigenvalue weighted by atomic mass is 19.1. The molecule has 24 heavy (non-hydrogen) atoms. The van der Waals surface area contributed by atoms with Crippen LogP contribution in [0.1, 0.15) is 12.0 Å². The van der Waals surface area contributed by atoms with Crippen LogP contribution in [0.2, 0.25) is 0 Å². The monoisotopic (exact) mass is 333 g/mol. The SMILES string of the molecule is COc1ccc(CNC(=O)CCOc2ccc(F)cc2)cc1OC. The second kappa shape index (κ2) is 8.76. The average molecular weight is 333 g/mol. The number of methoxy groups -OCH3 is 2. The lowest BCUT2D eigenvalue weighted by molar-refractivity contribution is -0.121. The van der Waals surface area contributed by atoms with E-state index in [4.69, 9.17) is 14.2 Å². The molecule has 0 atom stereocenters. The highest BCUT2D eigenvalue weighted by molar-refractivity contribution is 5.76. The molecule has 0 aliphatic carbocycles. The molecule has 0 aliphatic heterocycles. The Bertz CT molecular complexity index is 673. The lowest BCUT2D eigenvalue weighted by Gasteiger charge is -2.10. The number of nitrogens with one attached hydrogen (secondary N) is 1. The Kier molecular flexibility index (Phi) is 6.42. The van der Waals surface area contributed by atoms with Crippen LogP contribution in [0.5, 0.6) is 17.2 Å². The number of benzene rings is 2. The zero-order chi connectivity index (χ0) is 17.4. The Morgan fingerprint density at radius 1 is 1.04 bits per heavy atom. The summed E-state index contributed by atoms with van der Waals surface area (Å²) in [5, 5.41) is 2.81. The molecule has 6 heteroatoms. The minimum atomic E-state index is -0.324. The van der Waals surface area contributed by atoms with E-state index in [0.29, 0.717) is 23.8 Å². The maximum Gasteiger partial charge on any atom is 0.223 e. The molecule has 5 nitrogen and oxygen atoms in total. The summed E-state index contributed by atoms with van der Waals surface area (Å²) in [5.74, 6) is 1.33. The second-order valence-electron chi connectivity index (χ2n) is 5.02. The van der Waals surface area contributed by atoms with E-state index >= 15 is 0 Å². The fourth-order valence-corrected chi connectivity index (χ4v) is 2.07. The molecule has 0 fully saturated rings. The number of ether oxygens (including phenoxy) is 3. The van der Waals surface area contributed by atoms with Gasteiger partial charge in [-0.1, -0.05) is 6.07 Å². The molecule has 0 saturated carbocycles. The highest BCUT2D eigenvalue weighted by Crippen LogP contribution is 2.27. The fraction of sp³-hybridized carbons (Fsp3) is 0.278. The van der Waals surface area contributed by atoms with Gasteiger partial charge in [0.2, 0.25) is 5.91 Å². The summed E-state index contributed by atoms with van der Waals surface area (Å²) in [7, 11) is 3.13. The Labute approximate surface area is 140 Å². The van der Waals surface area contributed by atoms with E-state index < -0.39 is 0 Å². The van der Waals surface area contributed by atoms with Crippen molar-refractivity contribution in [2.45, 2.75) is 13.0 Å². The molecule has 0 aliphatic rings. The molecule has 2 aromatic rings. The second-order valence-corrected chi connectivity index (χ2v) is 5.02. The summed E-state index contributed by atoms with van der Waals surface area (Å²) in [6, 6.07) is 11.1. The topological polar surface area (TPSA) is 56.8 Å². The maximum atomic E-state index is 12.8. The van der Waals surface area contributed by atoms with E-state index in [0.717, 1.165) is 5.56 Å². The molecule has 0 unspecified atom stereocenters. The number of carbonyl (C=O) groups is 1. The summed E-state index contributed by atoms with van der Waals surface area (Å²) in [5.41, 5.74) is 0.903. The summed E-state index contributed by atoms with van der Waals surface area (Å²) >= 11 is 0. The van der Waals surface area contributed by atoms with E-state index in [2.05, 4.69) is 5.32 Å². The van der Waals surface area contributed by atoms with Crippen molar-refractivity contribution >= 4 is 5.91 Å². The third-order valence-corrected chi connectivity index (χ3v) is 3.35. The molecule has 0 aromatic heterocycles. The van der Waals surface area contributed by atoms with Crippen molar-refractivity contribution in [2.24, 2.45) is 0 Å². The van der Waals surface area contributed by atoms with Crippen LogP contribution in [0.3, 0.4) is 0 Å². The highest BCUT2D eigenvalue weighted by Gasteiger charge is 2.06. The number of hydrogen-bond donors (Lipinski definition) is 1. The number of carbonyl (C=O) groups excluding carboxylic acids is 1. The van der Waals surface area contributed by atoms with E-state index in [1.165, 1.54) is 24.3 Å². The smallest absolute Gasteiger partial charge is 0.223 e. The molecule has 2 rings (SSSR count). The number of amides is 1. The van der Waals surface area contributed by atoms with Gasteiger partial charge in [0, 0.05) is 6.54 Å². The zero-order valence-electron chi connectivity index (χ0n) is 13.7. The van der Waals surface area contributed by atoms with Crippen molar-refractivity contribution < 1.29 is 23.4 Å². The summed E-state index contributed by atoms with van der Waals surface area (Å²) < 4.78 is 28.5. The predicted molar refractivity (Wildman–Crippen MR) is 87.9 cm³/mol. The summed E-state index contributed by atoms with van der Waals surface area (Å²) in [6.45, 7) is 0.610. The van der Waals surface area contributed by atoms with Crippen LogP contribution >= 0.6 is 0 Å². The summed E-state index contributed by atoms with van der Waals surface area (Å²) in [6.07, 6.45) is 0.213. The number of hydrogen-bond acceptors (Lipinski definition) is 4. The normalized spacial score (nSPS) is 10.1. The minimum Gasteiger partial charge on any atom is -0.493 e. The molecule has 0 spiro atoms. The minimum absolute atomic E-state index is 0.133. The molecule has 1 N–H and O–H groups in total. The Hall–Kier alpha value is -2.76. The van der Waals surface area contributed by atoms with Crippen LogP contribution in [-0.2, 0) is 11.3 Å². The Morgan fingerprint density at radius 2 is 1.75 bits per heavy atom. The lowest BCUT2D eigenvalue weighted by atomic mass is 10.2. The molecular formula is C18H20FNO4. The molecule has 128 valence electrons. The van der Waals surface area contributed by atoms with Gasteiger partial charge in [-0.2, -0.15) is 0 Å². The Morgan fingerprint density at radius 3 is 2.42 bits per heavy atom. The van der Waals surface area contributed by atoms with Crippen molar-refractivity contribution in [3.63, 3.8) is 0 Å². The standard InChI is InChI=1S/C18H20FNO4/c1-22-16-8-3-13(11-17(16)23-2)12-20-18(21)9-10-24-15-6-4-14(19)5-7-15/h3-8,11H,9-10,12H2,1-2H3,(H,20,21). The summed E-state index contributed by atoms with van der Waals surface area (Å²) in [4.78, 5) is 11.8. The van der Waals surface area contributed by atoms with Crippen molar-refractivity contribution in [2.75, 3.05) is 20.8 Å². The first-order valence-corrected chi connectivity index (χ1v) is 7.48. The molecule has 0 bridgehead atoms. The van der Waals surface area contributed by atoms with Gasteiger partial charge in [0.1, 0.15) is 11.6 Å². The van der Waals surface area contributed by atoms with Crippen LogP contribution in [0, 0.1) is 5.82 Å². The van der Waals surface area contributed by atoms with Gasteiger partial charge in [0.15, 0.2) is 11.5 Å². The van der Waals surface area contributed by atoms with Crippen LogP contribution in [-0.4, -0.2) is 26.7 Å². The largest absolute Gasteiger partial charge is 0.493 e. The first-order valence-electron chi connectivity index (χ1n) is 7.48. The third kappa shape index (κ3) is 5.15. The first kappa shape index (κ1) is 17.6. The van der Waals surface area contributed by atoms with E-state index in [-0.39, 0.29) is 24.8 Å². The molecule has 2 aromatic carbocycles. The van der Waals surface area contributed by atoms with Gasteiger partial charge < -0.3 is 19.5 Å². The lowest BCUT2D eigenvalue weighted by Crippen LogP contribution is -2.24. The fourth-order valence-electron chi connectivity index (χ4n) is 2.07. The van der Waals surface area contributed by atoms with Gasteiger partial charge in [-0.15, -0.1) is 0 Å². The van der Waals surface area contributed by atoms with Crippen LogP contribution in [0.15, 0.2) is 42.5 Å². The van der Waals surface area contributed by atoms with E-state index in [1.807, 2.05) is 12.1 Å². The molecule has 1 amide bonds. The van der Waals surface area contributed by atoms with Crippen molar-refractivity contribution in [1.29, 1.82) is 0 Å². The van der Waals surface area contributed by atoms with E-state index in [9.17, 15) is 9.18 Å². The molecular weight excluding hydrogens is 313 g/mol. The molecule has 0 radical (unpaired) electrons. The van der Waals surface area contributed by atoms with E-state index in [1.54, 1.807) is 20.3 Å². The van der Waals surface area contributed by atoms with Gasteiger partial charge in [0.05, 0.1) is 27.2 Å². The third-order valence-electron chi connectivity index (χ3n) is 3.35. The van der Waals surface area contributed by atoms with Crippen molar-refractivity contribution in [3.05, 3.63) is 53.8 Å². The first-order chi connectivity index (χ1) is 11.6. The quantitative estimate of drug-likeness (QED) is 0.807. The van der Waals surface area contributed by atoms with Gasteiger partial charge in [-0.05, 0) is 42.0 Å². The van der Waals surface area contributed by atoms with Gasteiger partial charge in [-0.25, -0.2) is 4.39 Å². The van der Waals surface area contributed by atoms with Gasteiger partial charge >= 0.3 is 0 Å². The van der Waals surface area contributed by atoms with Crippen LogP contribution < -0.4 is 19.5 Å². The number of halogens is 1. The van der Waals surface area contributed by atoms with Crippen molar-refractivity contribution in [3.8, 4) is 17.2 Å². The van der Waals surface area contributed by atoms with Crippen molar-refractivity contribution in [1.82, 2.24) is 5.32 Å². The number of rotatable bonds is 8. The van der Waals surface area contributed by atoms with Crippen LogP contribution in [0.25, 0.3) is 0 Å². The van der Waals surface area contributed by atoms with Gasteiger partial charge in [0.25, 0.3) is 0 Å². The average Bonchev–Trinajstić information content (AvgIpc) is 2.61. The predicted octanol–water partition coefficient (Wildman–Crippen LogP) is 2.93. The van der Waals surface area contributed by atoms with Gasteiger partial charge in [-0.3, -0.25) is 4.79 Å². The Balaban J connectivity index is 1.75. The molecule has 0 saturated heterocycles.